The molecular formula is C28H24F4N2O2. The Bertz CT molecular complexity index is 1400. The highest BCUT2D eigenvalue weighted by atomic mass is 19.4. The number of hydrogen-bond acceptors (Lipinski definition) is 4. The van der Waals surface area contributed by atoms with Gasteiger partial charge in [0.2, 0.25) is 0 Å². The number of nitrogens with two attached hydrogens (primary N) is 2. The summed E-state index contributed by atoms with van der Waals surface area (Å²) in [5.74, 6) is -0.0176. The molecule has 0 aliphatic rings. The van der Waals surface area contributed by atoms with Gasteiger partial charge in [0.15, 0.2) is 0 Å². The first-order chi connectivity index (χ1) is 17.0. The van der Waals surface area contributed by atoms with Crippen LogP contribution in [-0.2, 0) is 11.6 Å². The molecule has 0 heterocycles. The molecule has 0 fully saturated rings. The summed E-state index contributed by atoms with van der Waals surface area (Å²) in [6.45, 7) is 3.79. The monoisotopic (exact) mass is 496 g/mol. The molecule has 0 amide bonds. The summed E-state index contributed by atoms with van der Waals surface area (Å²) in [5, 5.41) is 0. The van der Waals surface area contributed by atoms with E-state index >= 15 is 0 Å². The predicted molar refractivity (Wildman–Crippen MR) is 132 cm³/mol. The Morgan fingerprint density at radius 2 is 1.19 bits per heavy atom. The molecule has 0 radical (unpaired) electrons. The van der Waals surface area contributed by atoms with Crippen LogP contribution >= 0.6 is 0 Å². The molecule has 4 rings (SSSR count). The third-order valence-corrected chi connectivity index (χ3v) is 5.85. The number of hydrogen-bond donors (Lipinski definition) is 2. The zero-order chi connectivity index (χ0) is 26.1. The summed E-state index contributed by atoms with van der Waals surface area (Å²) < 4.78 is 66.8. The first-order valence-corrected chi connectivity index (χ1v) is 11.0. The zero-order valence-electron chi connectivity index (χ0n) is 19.6. The van der Waals surface area contributed by atoms with Crippen molar-refractivity contribution in [2.24, 2.45) is 0 Å². The summed E-state index contributed by atoms with van der Waals surface area (Å²) >= 11 is 0. The topological polar surface area (TPSA) is 70.5 Å². The van der Waals surface area contributed by atoms with Crippen molar-refractivity contribution in [2.45, 2.75) is 25.4 Å². The highest BCUT2D eigenvalue weighted by molar-refractivity contribution is 5.55. The van der Waals surface area contributed by atoms with Gasteiger partial charge in [-0.25, -0.2) is 4.39 Å². The van der Waals surface area contributed by atoms with Crippen LogP contribution in [0.4, 0.5) is 28.9 Å². The van der Waals surface area contributed by atoms with Gasteiger partial charge in [0, 0.05) is 28.3 Å². The number of benzene rings is 4. The minimum Gasteiger partial charge on any atom is -0.457 e. The van der Waals surface area contributed by atoms with Gasteiger partial charge in [-0.1, -0.05) is 50.2 Å². The Kier molecular flexibility index (Phi) is 6.54. The van der Waals surface area contributed by atoms with Crippen molar-refractivity contribution in [1.82, 2.24) is 0 Å². The van der Waals surface area contributed by atoms with Crippen molar-refractivity contribution < 1.29 is 27.0 Å². The first-order valence-electron chi connectivity index (χ1n) is 11.0. The number of alkyl halides is 3. The van der Waals surface area contributed by atoms with E-state index in [0.29, 0.717) is 16.9 Å². The van der Waals surface area contributed by atoms with E-state index in [9.17, 15) is 17.6 Å². The third kappa shape index (κ3) is 5.07. The Morgan fingerprint density at radius 1 is 0.639 bits per heavy atom. The van der Waals surface area contributed by atoms with Crippen LogP contribution < -0.4 is 20.9 Å². The van der Waals surface area contributed by atoms with Crippen molar-refractivity contribution in [2.75, 3.05) is 11.5 Å². The lowest BCUT2D eigenvalue weighted by molar-refractivity contribution is -0.138. The zero-order valence-corrected chi connectivity index (χ0v) is 19.6. The van der Waals surface area contributed by atoms with Crippen molar-refractivity contribution in [1.29, 1.82) is 0 Å². The summed E-state index contributed by atoms with van der Waals surface area (Å²) in [7, 11) is 0. The molecule has 36 heavy (non-hydrogen) atoms. The SMILES string of the molecule is CC(C)(c1ccccc1Oc1ccc(N)c(F)c1)c1ccccc1Oc1ccc(N)cc1C(F)(F)F. The van der Waals surface area contributed by atoms with Crippen molar-refractivity contribution >= 4 is 11.4 Å². The maximum atomic E-state index is 14.0. The van der Waals surface area contributed by atoms with E-state index in [1.807, 2.05) is 26.0 Å². The van der Waals surface area contributed by atoms with Gasteiger partial charge < -0.3 is 20.9 Å². The minimum absolute atomic E-state index is 0.00272. The number of halogens is 4. The molecule has 4 nitrogen and oxygen atoms in total. The largest absolute Gasteiger partial charge is 0.457 e. The van der Waals surface area contributed by atoms with Crippen LogP contribution in [0.5, 0.6) is 23.0 Å². The van der Waals surface area contributed by atoms with Crippen molar-refractivity contribution in [3.63, 3.8) is 0 Å². The minimum atomic E-state index is -4.65. The average molecular weight is 497 g/mol. The molecule has 4 aromatic carbocycles. The van der Waals surface area contributed by atoms with Gasteiger partial charge >= 0.3 is 6.18 Å². The number of ether oxygens (including phenoxy) is 2. The normalized spacial score (nSPS) is 11.8. The van der Waals surface area contributed by atoms with Crippen molar-refractivity contribution in [3.8, 4) is 23.0 Å². The number of para-hydroxylation sites is 2. The van der Waals surface area contributed by atoms with E-state index in [0.717, 1.165) is 6.07 Å². The maximum Gasteiger partial charge on any atom is 0.420 e. The number of nitrogen functional groups attached to an aromatic ring is 2. The second-order valence-electron chi connectivity index (χ2n) is 8.76. The van der Waals surface area contributed by atoms with E-state index in [4.69, 9.17) is 20.9 Å². The second-order valence-corrected chi connectivity index (χ2v) is 8.76. The maximum absolute atomic E-state index is 14.0. The van der Waals surface area contributed by atoms with Gasteiger partial charge in [0.25, 0.3) is 0 Å². The highest BCUT2D eigenvalue weighted by Gasteiger charge is 2.36. The molecule has 0 atom stereocenters. The average Bonchev–Trinajstić information content (AvgIpc) is 2.82. The van der Waals surface area contributed by atoms with Crippen LogP contribution in [-0.4, -0.2) is 0 Å². The van der Waals surface area contributed by atoms with Gasteiger partial charge in [-0.3, -0.25) is 0 Å². The van der Waals surface area contributed by atoms with Crippen LogP contribution in [0.25, 0.3) is 0 Å². The predicted octanol–water partition coefficient (Wildman–Crippen LogP) is 7.92. The number of anilines is 2. The molecule has 0 aliphatic heterocycles. The Morgan fingerprint density at radius 3 is 1.78 bits per heavy atom. The molecule has 0 bridgehead atoms. The highest BCUT2D eigenvalue weighted by Crippen LogP contribution is 2.45. The molecule has 8 heteroatoms. The lowest BCUT2D eigenvalue weighted by Crippen LogP contribution is -2.21. The van der Waals surface area contributed by atoms with Crippen molar-refractivity contribution in [3.05, 3.63) is 107 Å². The summed E-state index contributed by atoms with van der Waals surface area (Å²) in [6.07, 6.45) is -4.65. The molecule has 0 aromatic heterocycles. The quantitative estimate of drug-likeness (QED) is 0.210. The fraction of sp³-hybridized carbons (Fsp3) is 0.143. The summed E-state index contributed by atoms with van der Waals surface area (Å²) in [6, 6.07) is 21.6. The molecule has 4 N–H and O–H groups in total. The fourth-order valence-electron chi connectivity index (χ4n) is 3.96. The van der Waals surface area contributed by atoms with Crippen LogP contribution in [0.15, 0.2) is 84.9 Å². The smallest absolute Gasteiger partial charge is 0.420 e. The van der Waals surface area contributed by atoms with E-state index < -0.39 is 23.0 Å². The van der Waals surface area contributed by atoms with Gasteiger partial charge in [-0.2, -0.15) is 13.2 Å². The lowest BCUT2D eigenvalue weighted by atomic mass is 9.77. The summed E-state index contributed by atoms with van der Waals surface area (Å²) in [5.41, 5.74) is 10.7. The van der Waals surface area contributed by atoms with E-state index in [2.05, 4.69) is 0 Å². The molecule has 0 spiro atoms. The molecule has 0 saturated carbocycles. The second kappa shape index (κ2) is 9.45. The molecule has 4 aromatic rings. The Balaban J connectivity index is 1.75. The fourth-order valence-corrected chi connectivity index (χ4v) is 3.96. The molecule has 186 valence electrons. The third-order valence-electron chi connectivity index (χ3n) is 5.85. The number of rotatable bonds is 6. The van der Waals surface area contributed by atoms with Gasteiger partial charge in [-0.05, 0) is 42.5 Å². The Labute approximate surface area is 206 Å². The molecule has 0 aliphatic carbocycles. The molecular weight excluding hydrogens is 472 g/mol. The van der Waals surface area contributed by atoms with Gasteiger partial charge in [0.1, 0.15) is 34.4 Å². The lowest BCUT2D eigenvalue weighted by Gasteiger charge is -2.30. The van der Waals surface area contributed by atoms with E-state index in [1.54, 1.807) is 42.5 Å². The van der Waals surface area contributed by atoms with Crippen LogP contribution in [0.3, 0.4) is 0 Å². The van der Waals surface area contributed by atoms with Crippen LogP contribution in [0, 0.1) is 5.82 Å². The summed E-state index contributed by atoms with van der Waals surface area (Å²) in [4.78, 5) is 0. The Hall–Kier alpha value is -4.20. The first kappa shape index (κ1) is 24.9. The molecule has 0 unspecified atom stereocenters. The van der Waals surface area contributed by atoms with Gasteiger partial charge in [0.05, 0.1) is 5.69 Å². The van der Waals surface area contributed by atoms with Gasteiger partial charge in [-0.15, -0.1) is 0 Å². The van der Waals surface area contributed by atoms with Crippen LogP contribution in [0.1, 0.15) is 30.5 Å². The van der Waals surface area contributed by atoms with E-state index in [1.165, 1.54) is 24.3 Å². The molecule has 0 saturated heterocycles. The standard InChI is InChI=1S/C28H24F4N2O2/c1-27(2,19-7-3-5-9-24(19)35-18-12-13-23(34)22(29)16-18)20-8-4-6-10-25(20)36-26-14-11-17(33)15-21(26)28(30,31)32/h3-16H,33-34H2,1-2H3. The van der Waals surface area contributed by atoms with E-state index in [-0.39, 0.29) is 28.6 Å². The van der Waals surface area contributed by atoms with Crippen LogP contribution in [0.2, 0.25) is 0 Å².